The zero-order valence-electron chi connectivity index (χ0n) is 17.6. The van der Waals surface area contributed by atoms with Gasteiger partial charge in [0.2, 0.25) is 0 Å². The summed E-state index contributed by atoms with van der Waals surface area (Å²) in [5.41, 5.74) is 2.64. The predicted octanol–water partition coefficient (Wildman–Crippen LogP) is 5.90. The zero-order chi connectivity index (χ0) is 21.1. The quantitative estimate of drug-likeness (QED) is 0.255. The highest BCUT2D eigenvalue weighted by molar-refractivity contribution is 6.07. The molecule has 29 heavy (non-hydrogen) atoms. The third kappa shape index (κ3) is 6.53. The van der Waals surface area contributed by atoms with Crippen LogP contribution in [0.5, 0.6) is 17.2 Å². The molecule has 0 amide bonds. The van der Waals surface area contributed by atoms with E-state index in [1.54, 1.807) is 36.4 Å². The van der Waals surface area contributed by atoms with Gasteiger partial charge < -0.3 is 14.2 Å². The number of ketones is 1. The van der Waals surface area contributed by atoms with Crippen molar-refractivity contribution in [2.45, 2.75) is 33.6 Å². The molecule has 0 aliphatic carbocycles. The van der Waals surface area contributed by atoms with E-state index in [0.29, 0.717) is 31.1 Å². The molecule has 0 aliphatic heterocycles. The van der Waals surface area contributed by atoms with E-state index < -0.39 is 0 Å². The van der Waals surface area contributed by atoms with Gasteiger partial charge in [0.05, 0.1) is 13.2 Å². The lowest BCUT2D eigenvalue weighted by molar-refractivity contribution is 0.104. The van der Waals surface area contributed by atoms with Gasteiger partial charge in [-0.15, -0.1) is 0 Å². The summed E-state index contributed by atoms with van der Waals surface area (Å²) in [6.45, 7) is 11.2. The molecular formula is C25H30O4. The Labute approximate surface area is 173 Å². The molecule has 0 N–H and O–H groups in total. The van der Waals surface area contributed by atoms with E-state index in [2.05, 4.69) is 13.5 Å². The minimum absolute atomic E-state index is 0.0671. The number of hydrogen-bond donors (Lipinski definition) is 0. The van der Waals surface area contributed by atoms with Crippen LogP contribution in [0.4, 0.5) is 0 Å². The van der Waals surface area contributed by atoms with Crippen molar-refractivity contribution in [1.29, 1.82) is 0 Å². The highest BCUT2D eigenvalue weighted by atomic mass is 16.5. The topological polar surface area (TPSA) is 44.8 Å². The van der Waals surface area contributed by atoms with Gasteiger partial charge in [-0.1, -0.05) is 32.1 Å². The summed E-state index contributed by atoms with van der Waals surface area (Å²) in [6, 6.07) is 11.0. The van der Waals surface area contributed by atoms with Gasteiger partial charge in [0.25, 0.3) is 0 Å². The Morgan fingerprint density at radius 1 is 0.966 bits per heavy atom. The normalized spacial score (nSPS) is 10.7. The van der Waals surface area contributed by atoms with Gasteiger partial charge in [-0.25, -0.2) is 0 Å². The highest BCUT2D eigenvalue weighted by Crippen LogP contribution is 2.31. The fourth-order valence-electron chi connectivity index (χ4n) is 2.97. The Hall–Kier alpha value is -3.01. The van der Waals surface area contributed by atoms with E-state index in [4.69, 9.17) is 14.2 Å². The summed E-state index contributed by atoms with van der Waals surface area (Å²) in [5, 5.41) is 0. The first kappa shape index (κ1) is 22.3. The van der Waals surface area contributed by atoms with E-state index in [-0.39, 0.29) is 5.78 Å². The first-order valence-corrected chi connectivity index (χ1v) is 10.1. The van der Waals surface area contributed by atoms with Crippen LogP contribution in [0.15, 0.2) is 55.1 Å². The Kier molecular flexibility index (Phi) is 9.03. The largest absolute Gasteiger partial charge is 0.494 e. The second-order valence-corrected chi connectivity index (χ2v) is 6.43. The summed E-state index contributed by atoms with van der Waals surface area (Å²) < 4.78 is 17.0. The molecule has 0 atom stereocenters. The van der Waals surface area contributed by atoms with Crippen LogP contribution >= 0.6 is 0 Å². The zero-order valence-corrected chi connectivity index (χ0v) is 17.6. The van der Waals surface area contributed by atoms with E-state index in [1.165, 1.54) is 0 Å². The molecule has 4 heteroatoms. The van der Waals surface area contributed by atoms with Gasteiger partial charge in [0.1, 0.15) is 23.9 Å². The van der Waals surface area contributed by atoms with E-state index in [0.717, 1.165) is 35.5 Å². The standard InChI is InChI=1S/C25H30O4/c1-5-9-23-20(17-22(27-7-3)18-25(23)28-8-4)12-15-24(26)19-10-13-21(14-11-19)29-16-6-2/h6,10-15,17-18H,2,5,7-9,16H2,1,3-4H3. The van der Waals surface area contributed by atoms with Crippen LogP contribution in [0, 0.1) is 0 Å². The predicted molar refractivity (Wildman–Crippen MR) is 118 cm³/mol. The number of hydrogen-bond acceptors (Lipinski definition) is 4. The van der Waals surface area contributed by atoms with E-state index >= 15 is 0 Å². The molecule has 0 aromatic heterocycles. The molecule has 0 saturated carbocycles. The lowest BCUT2D eigenvalue weighted by atomic mass is 10.00. The highest BCUT2D eigenvalue weighted by Gasteiger charge is 2.12. The maximum atomic E-state index is 12.6. The summed E-state index contributed by atoms with van der Waals surface area (Å²) in [7, 11) is 0. The summed E-state index contributed by atoms with van der Waals surface area (Å²) in [6.07, 6.45) is 6.97. The lowest BCUT2D eigenvalue weighted by Gasteiger charge is -2.15. The fraction of sp³-hybridized carbons (Fsp3) is 0.320. The molecule has 2 aromatic rings. The Morgan fingerprint density at radius 3 is 2.31 bits per heavy atom. The van der Waals surface area contributed by atoms with Gasteiger partial charge in [0, 0.05) is 17.2 Å². The van der Waals surface area contributed by atoms with Crippen LogP contribution < -0.4 is 14.2 Å². The van der Waals surface area contributed by atoms with Gasteiger partial charge in [-0.2, -0.15) is 0 Å². The monoisotopic (exact) mass is 394 g/mol. The van der Waals surface area contributed by atoms with Crippen molar-refractivity contribution in [3.8, 4) is 17.2 Å². The van der Waals surface area contributed by atoms with Gasteiger partial charge in [0.15, 0.2) is 5.78 Å². The Morgan fingerprint density at radius 2 is 1.69 bits per heavy atom. The summed E-state index contributed by atoms with van der Waals surface area (Å²) in [4.78, 5) is 12.6. The van der Waals surface area contributed by atoms with Crippen LogP contribution in [0.25, 0.3) is 6.08 Å². The molecular weight excluding hydrogens is 364 g/mol. The smallest absolute Gasteiger partial charge is 0.185 e. The van der Waals surface area contributed by atoms with Crippen LogP contribution in [0.3, 0.4) is 0 Å². The van der Waals surface area contributed by atoms with E-state index in [9.17, 15) is 4.79 Å². The molecule has 0 fully saturated rings. The third-order valence-electron chi connectivity index (χ3n) is 4.25. The number of carbonyl (C=O) groups excluding carboxylic acids is 1. The molecule has 0 aliphatic rings. The SMILES string of the molecule is C=CCOc1ccc(C(=O)C=Cc2cc(OCC)cc(OCC)c2CCC)cc1. The third-order valence-corrected chi connectivity index (χ3v) is 4.25. The Bertz CT molecular complexity index is 835. The molecule has 0 saturated heterocycles. The number of benzene rings is 2. The van der Waals surface area contributed by atoms with Crippen molar-refractivity contribution in [1.82, 2.24) is 0 Å². The number of rotatable bonds is 12. The molecule has 154 valence electrons. The van der Waals surface area contributed by atoms with Crippen molar-refractivity contribution in [2.75, 3.05) is 19.8 Å². The molecule has 0 spiro atoms. The number of carbonyl (C=O) groups is 1. The van der Waals surface area contributed by atoms with Crippen molar-refractivity contribution >= 4 is 11.9 Å². The number of allylic oxidation sites excluding steroid dienone is 1. The lowest BCUT2D eigenvalue weighted by Crippen LogP contribution is -2.02. The van der Waals surface area contributed by atoms with E-state index in [1.807, 2.05) is 32.1 Å². The minimum Gasteiger partial charge on any atom is -0.494 e. The number of ether oxygens (including phenoxy) is 3. The fourth-order valence-corrected chi connectivity index (χ4v) is 2.97. The molecule has 4 nitrogen and oxygen atoms in total. The summed E-state index contributed by atoms with van der Waals surface area (Å²) >= 11 is 0. The molecule has 0 radical (unpaired) electrons. The van der Waals surface area contributed by atoms with Crippen LogP contribution in [-0.4, -0.2) is 25.6 Å². The molecule has 2 rings (SSSR count). The second-order valence-electron chi connectivity index (χ2n) is 6.43. The first-order valence-electron chi connectivity index (χ1n) is 10.1. The van der Waals surface area contributed by atoms with Gasteiger partial charge in [-0.3, -0.25) is 4.79 Å². The average molecular weight is 395 g/mol. The molecule has 0 bridgehead atoms. The maximum absolute atomic E-state index is 12.6. The second kappa shape index (κ2) is 11.7. The van der Waals surface area contributed by atoms with Crippen molar-refractivity contribution in [3.05, 3.63) is 71.8 Å². The molecule has 0 unspecified atom stereocenters. The summed E-state index contributed by atoms with van der Waals surface area (Å²) in [5.74, 6) is 2.20. The van der Waals surface area contributed by atoms with Crippen LogP contribution in [0.2, 0.25) is 0 Å². The minimum atomic E-state index is -0.0671. The van der Waals surface area contributed by atoms with Crippen molar-refractivity contribution < 1.29 is 19.0 Å². The van der Waals surface area contributed by atoms with Gasteiger partial charge in [-0.05, 0) is 62.2 Å². The van der Waals surface area contributed by atoms with Gasteiger partial charge >= 0.3 is 0 Å². The molecule has 0 heterocycles. The first-order chi connectivity index (χ1) is 14.1. The van der Waals surface area contributed by atoms with Crippen LogP contribution in [0.1, 0.15) is 48.7 Å². The van der Waals surface area contributed by atoms with Crippen molar-refractivity contribution in [2.24, 2.45) is 0 Å². The molecule has 2 aromatic carbocycles. The average Bonchev–Trinajstić information content (AvgIpc) is 2.73. The van der Waals surface area contributed by atoms with Crippen LogP contribution in [-0.2, 0) is 6.42 Å². The van der Waals surface area contributed by atoms with Crippen molar-refractivity contribution in [3.63, 3.8) is 0 Å². The Balaban J connectivity index is 2.28. The maximum Gasteiger partial charge on any atom is 0.185 e.